The number of aromatic nitrogens is 3. The molecule has 0 spiro atoms. The second-order valence-electron chi connectivity index (χ2n) is 24.2. The number of carbonyl (C=O) groups excluding carboxylic acids is 8. The van der Waals surface area contributed by atoms with Gasteiger partial charge in [0, 0.05) is 88.5 Å². The van der Waals surface area contributed by atoms with Gasteiger partial charge >= 0.3 is 100 Å². The van der Waals surface area contributed by atoms with Crippen molar-refractivity contribution in [2.75, 3.05) is 101 Å². The minimum Gasteiger partial charge on any atom is -0.465 e. The van der Waals surface area contributed by atoms with Crippen LogP contribution in [0.15, 0.2) is 55.9 Å². The Hall–Kier alpha value is -6.09. The van der Waals surface area contributed by atoms with Crippen molar-refractivity contribution in [3.8, 4) is 0 Å². The number of nitrogens with two attached hydrogens (primary N) is 1. The number of likely N-dealkylation sites (tertiary alicyclic amines) is 2. The van der Waals surface area contributed by atoms with Crippen molar-refractivity contribution in [2.24, 2.45) is 5.73 Å². The van der Waals surface area contributed by atoms with Gasteiger partial charge in [-0.2, -0.15) is 5.98 Å². The van der Waals surface area contributed by atoms with Gasteiger partial charge in [-0.1, -0.05) is 59.7 Å². The minimum atomic E-state index is -4.72. The van der Waals surface area contributed by atoms with Crippen LogP contribution in [0.3, 0.4) is 0 Å². The first-order valence-corrected chi connectivity index (χ1v) is 33.7. The number of pyridine rings is 3. The molecule has 6 rings (SSSR count). The summed E-state index contributed by atoms with van der Waals surface area (Å²) in [5.41, 5.74) is 7.16. The molecule has 6 heterocycles. The summed E-state index contributed by atoms with van der Waals surface area (Å²) in [7, 11) is 6.24. The van der Waals surface area contributed by atoms with E-state index in [2.05, 4.69) is 112 Å². The first-order valence-electron chi connectivity index (χ1n) is 33.4. The Morgan fingerprint density at radius 3 is 1.32 bits per heavy atom. The van der Waals surface area contributed by atoms with E-state index in [4.69, 9.17) is 36.7 Å². The fraction of sp³-hybridized carbons (Fsp3) is 0.614. The molecule has 0 atom stereocenters. The summed E-state index contributed by atoms with van der Waals surface area (Å²) in [6.45, 7) is 44.0. The third-order valence-corrected chi connectivity index (χ3v) is 14.4. The van der Waals surface area contributed by atoms with Crippen molar-refractivity contribution < 1.29 is 141 Å². The molecule has 0 radical (unpaired) electrons. The number of amides is 3. The molecule has 3 aliphatic heterocycles. The summed E-state index contributed by atoms with van der Waals surface area (Å²) in [5, 5.41) is 7.55. The molecule has 3 N–H and O–H groups in total. The van der Waals surface area contributed by atoms with Gasteiger partial charge in [0.25, 0.3) is 5.91 Å². The smallest absolute Gasteiger partial charge is 0.465 e. The fourth-order valence-electron chi connectivity index (χ4n) is 9.10. The Morgan fingerprint density at radius 2 is 0.990 bits per heavy atom. The van der Waals surface area contributed by atoms with E-state index in [0.717, 1.165) is 32.5 Å². The number of aliphatic hydroxyl groups is 1. The number of methoxy groups -OCH3 is 5. The van der Waals surface area contributed by atoms with Gasteiger partial charge in [0.2, 0.25) is 0 Å². The minimum absolute atomic E-state index is 0. The molecule has 568 valence electrons. The Balaban J connectivity index is -0.000000567. The van der Waals surface area contributed by atoms with Crippen molar-refractivity contribution >= 4 is 72.6 Å². The normalized spacial score (nSPS) is 13.3. The third-order valence-electron chi connectivity index (χ3n) is 14.1. The van der Waals surface area contributed by atoms with Crippen molar-refractivity contribution in [1.82, 2.24) is 39.5 Å². The number of hydrogen-bond acceptors (Lipinski definition) is 22. The van der Waals surface area contributed by atoms with Crippen LogP contribution in [0, 0.1) is 0 Å². The van der Waals surface area contributed by atoms with Crippen molar-refractivity contribution in [3.63, 3.8) is 0 Å². The van der Waals surface area contributed by atoms with E-state index in [1.165, 1.54) is 92.0 Å². The molecule has 0 unspecified atom stereocenters. The second kappa shape index (κ2) is 53.7. The predicted molar refractivity (Wildman–Crippen MR) is 385 cm³/mol. The van der Waals surface area contributed by atoms with E-state index in [9.17, 15) is 51.3 Å². The van der Waals surface area contributed by atoms with Crippen LogP contribution >= 0.6 is 11.6 Å². The van der Waals surface area contributed by atoms with Gasteiger partial charge in [0.15, 0.2) is 0 Å². The van der Waals surface area contributed by atoms with Crippen LogP contribution in [-0.2, 0) is 39.6 Å². The molecule has 3 aliphatic rings. The average molecular weight is 1480 g/mol. The van der Waals surface area contributed by atoms with Crippen LogP contribution in [0.4, 0.5) is 22.5 Å². The van der Waals surface area contributed by atoms with Gasteiger partial charge in [0.1, 0.15) is 16.4 Å². The fourth-order valence-corrected chi connectivity index (χ4v) is 9.28. The number of esters is 5. The standard InChI is InChI=1S/C20H27N3O5.C11H11NO4.C10H20N2O2.C9H8ClNO4.C8H19N.C6H15N.C2H3BF3.C2H6O.C2H6.K/c1-20(2,3)28-19(26)22-8-5-14(6-9-22)23-10-7-16-15(17(23)24)11-13(12-21-16)18(25)27-4;1-4-9-8(11(14)16-3)5-7(6-12-9)10(13)15-2;1-10(2,3)14-9(13)12-6-4-8(11)5-7-12;1-14-8(12)5-3-6(9(13)15-2)7(10)11-4-5;1-6-9(7(2)3)8(4)5;1-4-7(5-2)6-3;1-2-3(4,5)6;1-2-3;1-2;/h11-12,14H,5-10H2,1-4H3;4-6H,1H2,2-3H3;8H,4-7,11H2,1-3H3;3-4H,1-2H3;7-8H,6H2,1-5H3;4-6H2,1-3H3;2H,1H2;3H,2H2,1H3;1-2H3;/q;;;;;;-1;;;+1. The summed E-state index contributed by atoms with van der Waals surface area (Å²) in [6, 6.07) is 5.88. The third kappa shape index (κ3) is 41.1. The number of piperidine rings is 2. The first-order chi connectivity index (χ1) is 46.7. The van der Waals surface area contributed by atoms with E-state index in [1.54, 1.807) is 22.8 Å². The Kier molecular flexibility index (Phi) is 53.8. The summed E-state index contributed by atoms with van der Waals surface area (Å²) >= 11 is 5.65. The molecule has 3 aromatic rings. The van der Waals surface area contributed by atoms with E-state index in [0.29, 0.717) is 67.9 Å². The molecule has 31 heteroatoms. The molecular weight excluding hydrogens is 1370 g/mol. The quantitative estimate of drug-likeness (QED) is 0.0657. The number of aliphatic hydroxyl groups excluding tert-OH is 1. The monoisotopic (exact) mass is 1480 g/mol. The van der Waals surface area contributed by atoms with Gasteiger partial charge in [0.05, 0.1) is 80.3 Å². The number of rotatable bonds is 14. The Bertz CT molecular complexity index is 2960. The first kappa shape index (κ1) is 101. The van der Waals surface area contributed by atoms with Gasteiger partial charge in [-0.15, -0.1) is 6.58 Å². The molecule has 2 fully saturated rings. The SMILES string of the molecule is C=C[B-](F)(F)F.C=Cc1ncc(C(=O)OC)cc1C(=O)OC.CC.CC(C)(C)OC(=O)N1CCC(N)CC1.CCN(C(C)C)C(C)C.CCN(CC)CC.CCO.COC(=O)c1cnc(Cl)c(C(=O)OC)c1.COC(=O)c1cnc2c(c1)C(=O)N(C1CCN(C(=O)OC(C)(C)C)CC1)CC2.[K+]. The van der Waals surface area contributed by atoms with E-state index >= 15 is 0 Å². The Labute approximate surface area is 645 Å². The van der Waals surface area contributed by atoms with Crippen LogP contribution in [0.25, 0.3) is 6.08 Å². The van der Waals surface area contributed by atoms with E-state index in [-0.39, 0.29) is 127 Å². The zero-order chi connectivity index (χ0) is 77.8. The van der Waals surface area contributed by atoms with E-state index < -0.39 is 48.0 Å². The number of fused-ring (bicyclic) bond motifs is 1. The average Bonchev–Trinajstić information content (AvgIpc) is 0.786. The van der Waals surface area contributed by atoms with Crippen molar-refractivity contribution in [1.29, 1.82) is 0 Å². The summed E-state index contributed by atoms with van der Waals surface area (Å²) < 4.78 is 65.6. The summed E-state index contributed by atoms with van der Waals surface area (Å²) in [5.74, 6) is -3.01. The number of hydrogen-bond donors (Lipinski definition) is 2. The summed E-state index contributed by atoms with van der Waals surface area (Å²) in [6.07, 6.45) is 8.66. The van der Waals surface area contributed by atoms with Crippen LogP contribution < -0.4 is 57.1 Å². The molecule has 0 aromatic carbocycles. The molecule has 0 aliphatic carbocycles. The van der Waals surface area contributed by atoms with Crippen LogP contribution in [0.5, 0.6) is 0 Å². The molecule has 0 saturated carbocycles. The second-order valence-corrected chi connectivity index (χ2v) is 24.5. The van der Waals surface area contributed by atoms with Crippen LogP contribution in [0.2, 0.25) is 5.15 Å². The number of halogens is 4. The summed E-state index contributed by atoms with van der Waals surface area (Å²) in [4.78, 5) is 116. The van der Waals surface area contributed by atoms with Gasteiger partial charge in [-0.05, 0) is 152 Å². The predicted octanol–water partition coefficient (Wildman–Crippen LogP) is 9.28. The molecule has 101 heavy (non-hydrogen) atoms. The van der Waals surface area contributed by atoms with Gasteiger partial charge in [-0.3, -0.25) is 19.7 Å². The number of carbonyl (C=O) groups is 8. The maximum Gasteiger partial charge on any atom is 1.00 e. The number of nitrogens with zero attached hydrogens (tertiary/aromatic N) is 8. The van der Waals surface area contributed by atoms with E-state index in [1.807, 2.05) is 60.3 Å². The van der Waals surface area contributed by atoms with Gasteiger partial charge < -0.3 is 76.5 Å². The van der Waals surface area contributed by atoms with Crippen LogP contribution in [0.1, 0.15) is 217 Å². The molecule has 3 amide bonds. The zero-order valence-corrected chi connectivity index (χ0v) is 68.1. The van der Waals surface area contributed by atoms with Crippen molar-refractivity contribution in [2.45, 2.75) is 185 Å². The van der Waals surface area contributed by atoms with Gasteiger partial charge in [-0.25, -0.2) is 38.5 Å². The maximum absolute atomic E-state index is 13.0. The number of ether oxygens (including phenoxy) is 7. The Morgan fingerprint density at radius 1 is 0.634 bits per heavy atom. The molecule has 2 saturated heterocycles. The zero-order valence-electron chi connectivity index (χ0n) is 64.3. The topological polar surface area (TPSA) is 302 Å². The van der Waals surface area contributed by atoms with Crippen molar-refractivity contribution in [3.05, 3.63) is 106 Å². The maximum atomic E-state index is 13.0. The molecule has 3 aromatic heterocycles. The molecular formula is C70H115BClF3KN9O16. The molecule has 0 bridgehead atoms. The molecule has 25 nitrogen and oxygen atoms in total. The van der Waals surface area contributed by atoms with Crippen LogP contribution in [-0.4, -0.2) is 236 Å². The largest absolute Gasteiger partial charge is 1.00 e.